The maximum absolute atomic E-state index is 13.3. The van der Waals surface area contributed by atoms with E-state index in [1.165, 1.54) is 12.1 Å². The van der Waals surface area contributed by atoms with E-state index in [2.05, 4.69) is 5.10 Å². The summed E-state index contributed by atoms with van der Waals surface area (Å²) < 4.78 is 20.4. The van der Waals surface area contributed by atoms with Crippen molar-refractivity contribution in [1.29, 1.82) is 0 Å². The van der Waals surface area contributed by atoms with Gasteiger partial charge in [-0.15, -0.1) is 0 Å². The lowest BCUT2D eigenvalue weighted by Crippen LogP contribution is -2.47. The average Bonchev–Trinajstić information content (AvgIpc) is 2.93. The van der Waals surface area contributed by atoms with Crippen molar-refractivity contribution in [2.45, 2.75) is 45.8 Å². The molecule has 0 saturated carbocycles. The zero-order valence-corrected chi connectivity index (χ0v) is 15.9. The van der Waals surface area contributed by atoms with Crippen LogP contribution >= 0.6 is 0 Å². The van der Waals surface area contributed by atoms with E-state index < -0.39 is 0 Å². The molecule has 5 nitrogen and oxygen atoms in total. The summed E-state index contributed by atoms with van der Waals surface area (Å²) in [4.78, 5) is 15.1. The summed E-state index contributed by atoms with van der Waals surface area (Å²) in [6.07, 6.45) is 1.44. The number of ether oxygens (including phenoxy) is 1. The Labute approximate surface area is 153 Å². The lowest BCUT2D eigenvalue weighted by atomic mass is 10.0. The van der Waals surface area contributed by atoms with Crippen LogP contribution in [-0.4, -0.2) is 39.3 Å². The molecule has 1 aliphatic heterocycles. The third kappa shape index (κ3) is 3.80. The van der Waals surface area contributed by atoms with E-state index in [1.807, 2.05) is 32.7 Å². The predicted molar refractivity (Wildman–Crippen MR) is 97.5 cm³/mol. The van der Waals surface area contributed by atoms with Crippen LogP contribution in [0.4, 0.5) is 4.39 Å². The van der Waals surface area contributed by atoms with Gasteiger partial charge >= 0.3 is 0 Å². The van der Waals surface area contributed by atoms with Crippen LogP contribution in [0.1, 0.15) is 48.1 Å². The predicted octanol–water partition coefficient (Wildman–Crippen LogP) is 3.12. The number of amides is 1. The number of aromatic nitrogens is 2. The van der Waals surface area contributed by atoms with Gasteiger partial charge < -0.3 is 9.64 Å². The van der Waals surface area contributed by atoms with E-state index in [4.69, 9.17) is 4.74 Å². The van der Waals surface area contributed by atoms with Crippen LogP contribution < -0.4 is 0 Å². The molecular weight excluding hydrogens is 333 g/mol. The van der Waals surface area contributed by atoms with Gasteiger partial charge in [-0.2, -0.15) is 5.10 Å². The van der Waals surface area contributed by atoms with Crippen molar-refractivity contribution < 1.29 is 13.9 Å². The summed E-state index contributed by atoms with van der Waals surface area (Å²) in [5.41, 5.74) is 3.11. The standard InChI is InChI=1S/C20H26FN3O2/c1-20(2,3)24(11-9-14-5-7-15(21)8-6-14)19(25)18-16-13-26-12-10-17(16)23(4)22-18/h5-8H,9-13H2,1-4H3. The van der Waals surface area contributed by atoms with Crippen molar-refractivity contribution in [3.63, 3.8) is 0 Å². The van der Waals surface area contributed by atoms with Crippen LogP contribution in [-0.2, 0) is 31.2 Å². The summed E-state index contributed by atoms with van der Waals surface area (Å²) in [7, 11) is 1.88. The molecule has 2 aromatic rings. The third-order valence-corrected chi connectivity index (χ3v) is 4.80. The Morgan fingerprint density at radius 1 is 1.31 bits per heavy atom. The minimum absolute atomic E-state index is 0.0815. The Kier molecular flexibility index (Phi) is 5.14. The number of benzene rings is 1. The summed E-state index contributed by atoms with van der Waals surface area (Å²) >= 11 is 0. The molecule has 6 heteroatoms. The van der Waals surface area contributed by atoms with Gasteiger partial charge in [-0.3, -0.25) is 9.48 Å². The Morgan fingerprint density at radius 2 is 2.00 bits per heavy atom. The van der Waals surface area contributed by atoms with E-state index >= 15 is 0 Å². The molecule has 0 aliphatic carbocycles. The largest absolute Gasteiger partial charge is 0.376 e. The minimum Gasteiger partial charge on any atom is -0.376 e. The molecule has 0 saturated heterocycles. The molecule has 3 rings (SSSR count). The first-order valence-electron chi connectivity index (χ1n) is 8.96. The third-order valence-electron chi connectivity index (χ3n) is 4.80. The van der Waals surface area contributed by atoms with Gasteiger partial charge in [0.05, 0.1) is 13.2 Å². The highest BCUT2D eigenvalue weighted by atomic mass is 19.1. The van der Waals surface area contributed by atoms with Gasteiger partial charge in [0.15, 0.2) is 5.69 Å². The van der Waals surface area contributed by atoms with Crippen LogP contribution in [0, 0.1) is 5.82 Å². The van der Waals surface area contributed by atoms with Gasteiger partial charge in [-0.25, -0.2) is 4.39 Å². The van der Waals surface area contributed by atoms with Crippen molar-refractivity contribution in [3.05, 3.63) is 52.6 Å². The van der Waals surface area contributed by atoms with Gasteiger partial charge in [-0.1, -0.05) is 12.1 Å². The Balaban J connectivity index is 1.84. The molecule has 140 valence electrons. The van der Waals surface area contributed by atoms with Crippen molar-refractivity contribution in [2.75, 3.05) is 13.2 Å². The summed E-state index contributed by atoms with van der Waals surface area (Å²) in [5, 5.41) is 4.49. The fourth-order valence-electron chi connectivity index (χ4n) is 3.34. The van der Waals surface area contributed by atoms with Gasteiger partial charge in [0.25, 0.3) is 5.91 Å². The summed E-state index contributed by atoms with van der Waals surface area (Å²) in [5.74, 6) is -0.334. The van der Waals surface area contributed by atoms with E-state index in [-0.39, 0.29) is 17.3 Å². The summed E-state index contributed by atoms with van der Waals surface area (Å²) in [6, 6.07) is 6.42. The number of carbonyl (C=O) groups excluding carboxylic acids is 1. The van der Waals surface area contributed by atoms with Crippen LogP contribution in [0.5, 0.6) is 0 Å². The lowest BCUT2D eigenvalue weighted by Gasteiger charge is -2.35. The molecule has 0 bridgehead atoms. The number of nitrogens with zero attached hydrogens (tertiary/aromatic N) is 3. The Bertz CT molecular complexity index is 791. The molecule has 1 amide bonds. The van der Waals surface area contributed by atoms with Gasteiger partial charge in [0, 0.05) is 36.8 Å². The number of fused-ring (bicyclic) bond motifs is 1. The van der Waals surface area contributed by atoms with E-state index in [0.717, 1.165) is 23.2 Å². The molecule has 26 heavy (non-hydrogen) atoms. The molecular formula is C20H26FN3O2. The molecule has 1 aliphatic rings. The van der Waals surface area contributed by atoms with E-state index in [0.29, 0.717) is 31.9 Å². The second kappa shape index (κ2) is 7.19. The van der Waals surface area contributed by atoms with Gasteiger partial charge in [0.1, 0.15) is 5.82 Å². The molecule has 0 atom stereocenters. The number of halogens is 1. The topological polar surface area (TPSA) is 47.4 Å². The lowest BCUT2D eigenvalue weighted by molar-refractivity contribution is 0.0569. The maximum atomic E-state index is 13.3. The zero-order valence-electron chi connectivity index (χ0n) is 15.9. The highest BCUT2D eigenvalue weighted by Gasteiger charge is 2.32. The number of carbonyl (C=O) groups is 1. The van der Waals surface area contributed by atoms with Crippen LogP contribution in [0.15, 0.2) is 24.3 Å². The number of hydrogen-bond donors (Lipinski definition) is 0. The molecule has 2 heterocycles. The molecule has 0 spiro atoms. The zero-order chi connectivity index (χ0) is 18.9. The van der Waals surface area contributed by atoms with Gasteiger partial charge in [0.2, 0.25) is 0 Å². The highest BCUT2D eigenvalue weighted by Crippen LogP contribution is 2.24. The molecule has 1 aromatic carbocycles. The first-order chi connectivity index (χ1) is 12.3. The van der Waals surface area contributed by atoms with E-state index in [1.54, 1.807) is 16.8 Å². The van der Waals surface area contributed by atoms with E-state index in [9.17, 15) is 9.18 Å². The summed E-state index contributed by atoms with van der Waals surface area (Å²) in [6.45, 7) is 7.68. The molecule has 0 unspecified atom stereocenters. The van der Waals surface area contributed by atoms with Gasteiger partial charge in [-0.05, 0) is 44.9 Å². The van der Waals surface area contributed by atoms with Crippen molar-refractivity contribution in [3.8, 4) is 0 Å². The quantitative estimate of drug-likeness (QED) is 0.843. The van der Waals surface area contributed by atoms with Crippen molar-refractivity contribution in [2.24, 2.45) is 7.05 Å². The maximum Gasteiger partial charge on any atom is 0.275 e. The van der Waals surface area contributed by atoms with Crippen LogP contribution in [0.25, 0.3) is 0 Å². The second-order valence-corrected chi connectivity index (χ2v) is 7.70. The molecule has 1 aromatic heterocycles. The number of hydrogen-bond acceptors (Lipinski definition) is 3. The molecule has 0 radical (unpaired) electrons. The number of aryl methyl sites for hydroxylation is 1. The number of rotatable bonds is 4. The fraction of sp³-hybridized carbons (Fsp3) is 0.500. The minimum atomic E-state index is -0.350. The van der Waals surface area contributed by atoms with Crippen LogP contribution in [0.3, 0.4) is 0 Å². The Hall–Kier alpha value is -2.21. The first-order valence-corrected chi connectivity index (χ1v) is 8.96. The van der Waals surface area contributed by atoms with Crippen LogP contribution in [0.2, 0.25) is 0 Å². The van der Waals surface area contributed by atoms with Crippen molar-refractivity contribution >= 4 is 5.91 Å². The normalized spacial score (nSPS) is 14.2. The highest BCUT2D eigenvalue weighted by molar-refractivity contribution is 5.94. The SMILES string of the molecule is Cn1nc(C(=O)N(CCc2ccc(F)cc2)C(C)(C)C)c2c1CCOC2. The average molecular weight is 359 g/mol. The van der Waals surface area contributed by atoms with Crippen molar-refractivity contribution in [1.82, 2.24) is 14.7 Å². The Morgan fingerprint density at radius 3 is 2.65 bits per heavy atom. The fourth-order valence-corrected chi connectivity index (χ4v) is 3.34. The second-order valence-electron chi connectivity index (χ2n) is 7.70. The first kappa shape index (κ1) is 18.6. The smallest absolute Gasteiger partial charge is 0.275 e. The monoisotopic (exact) mass is 359 g/mol. The molecule has 0 fully saturated rings. The molecule has 0 N–H and O–H groups in total.